The van der Waals surface area contributed by atoms with Crippen molar-refractivity contribution in [3.63, 3.8) is 0 Å². The van der Waals surface area contributed by atoms with Crippen LogP contribution in [0.3, 0.4) is 0 Å². The Balaban J connectivity index is 1.87. The molecule has 0 aromatic carbocycles. The first-order valence-corrected chi connectivity index (χ1v) is 8.95. The number of aromatic nitrogens is 1. The maximum Gasteiger partial charge on any atom is 0.141 e. The summed E-state index contributed by atoms with van der Waals surface area (Å²) < 4.78 is 6.28. The van der Waals surface area contributed by atoms with Gasteiger partial charge in [-0.3, -0.25) is 0 Å². The van der Waals surface area contributed by atoms with Gasteiger partial charge < -0.3 is 21.2 Å². The molecule has 0 saturated heterocycles. The van der Waals surface area contributed by atoms with Gasteiger partial charge in [-0.05, 0) is 50.7 Å². The van der Waals surface area contributed by atoms with Crippen molar-refractivity contribution in [3.05, 3.63) is 29.2 Å². The average Bonchev–Trinajstić information content (AvgIpc) is 3.41. The summed E-state index contributed by atoms with van der Waals surface area (Å²) in [6.07, 6.45) is 8.78. The molecule has 2 saturated carbocycles. The molecule has 132 valence electrons. The van der Waals surface area contributed by atoms with Crippen LogP contribution in [-0.4, -0.2) is 29.7 Å². The van der Waals surface area contributed by atoms with E-state index in [1.54, 1.807) is 7.05 Å². The normalized spacial score (nSPS) is 19.8. The van der Waals surface area contributed by atoms with E-state index in [2.05, 4.69) is 0 Å². The number of rotatable bonds is 6. The second-order valence-electron chi connectivity index (χ2n) is 6.91. The van der Waals surface area contributed by atoms with Gasteiger partial charge in [0.2, 0.25) is 0 Å². The summed E-state index contributed by atoms with van der Waals surface area (Å²) >= 11 is 0. The number of hydrogen-bond donors (Lipinski definition) is 3. The van der Waals surface area contributed by atoms with Crippen molar-refractivity contribution >= 4 is 5.70 Å². The van der Waals surface area contributed by atoms with Crippen LogP contribution in [0.5, 0.6) is 5.75 Å². The number of hydrazine groups is 1. The van der Waals surface area contributed by atoms with Gasteiger partial charge in [0.1, 0.15) is 5.75 Å². The third-order valence-electron chi connectivity index (χ3n) is 4.90. The average molecular weight is 331 g/mol. The smallest absolute Gasteiger partial charge is 0.141 e. The summed E-state index contributed by atoms with van der Waals surface area (Å²) in [5, 5.41) is 1.46. The number of nitrogens with zero attached hydrogens (tertiary/aromatic N) is 2. The SMILES string of the molecule is CN(N)/C(CN)=C(\N)c1ccc(OC2CCCCC2)c(C2CC2)n1. The van der Waals surface area contributed by atoms with Crippen molar-refractivity contribution in [1.29, 1.82) is 0 Å². The third-order valence-corrected chi connectivity index (χ3v) is 4.90. The Hall–Kier alpha value is -1.79. The summed E-state index contributed by atoms with van der Waals surface area (Å²) in [7, 11) is 1.73. The van der Waals surface area contributed by atoms with Crippen molar-refractivity contribution in [2.75, 3.05) is 13.6 Å². The lowest BCUT2D eigenvalue weighted by atomic mass is 9.98. The van der Waals surface area contributed by atoms with Gasteiger partial charge in [0.05, 0.1) is 28.9 Å². The topological polar surface area (TPSA) is 103 Å². The quantitative estimate of drug-likeness (QED) is 0.544. The molecule has 2 aliphatic rings. The third kappa shape index (κ3) is 3.82. The zero-order valence-corrected chi connectivity index (χ0v) is 14.5. The summed E-state index contributed by atoms with van der Waals surface area (Å²) in [5.74, 6) is 7.23. The molecule has 3 rings (SSSR count). The van der Waals surface area contributed by atoms with Gasteiger partial charge in [-0.25, -0.2) is 10.8 Å². The fourth-order valence-corrected chi connectivity index (χ4v) is 3.32. The fraction of sp³-hybridized carbons (Fsp3) is 0.611. The molecule has 0 aliphatic heterocycles. The van der Waals surface area contributed by atoms with Crippen LogP contribution in [0.2, 0.25) is 0 Å². The van der Waals surface area contributed by atoms with E-state index < -0.39 is 0 Å². The van der Waals surface area contributed by atoms with Gasteiger partial charge in [0, 0.05) is 19.5 Å². The van der Waals surface area contributed by atoms with Crippen molar-refractivity contribution in [2.24, 2.45) is 17.3 Å². The van der Waals surface area contributed by atoms with Crippen LogP contribution < -0.4 is 22.0 Å². The number of hydrogen-bond acceptors (Lipinski definition) is 6. The van der Waals surface area contributed by atoms with Gasteiger partial charge in [0.25, 0.3) is 0 Å². The molecule has 0 radical (unpaired) electrons. The lowest BCUT2D eigenvalue weighted by molar-refractivity contribution is 0.153. The molecule has 2 aliphatic carbocycles. The van der Waals surface area contributed by atoms with E-state index in [1.165, 1.54) is 37.1 Å². The van der Waals surface area contributed by atoms with Crippen LogP contribution in [-0.2, 0) is 0 Å². The molecule has 0 amide bonds. The molecule has 6 N–H and O–H groups in total. The molecule has 0 atom stereocenters. The van der Waals surface area contributed by atoms with E-state index >= 15 is 0 Å². The highest BCUT2D eigenvalue weighted by molar-refractivity contribution is 5.63. The zero-order valence-electron chi connectivity index (χ0n) is 14.5. The number of pyridine rings is 1. The van der Waals surface area contributed by atoms with E-state index in [4.69, 9.17) is 27.0 Å². The second-order valence-corrected chi connectivity index (χ2v) is 6.91. The minimum atomic E-state index is 0.277. The molecule has 24 heavy (non-hydrogen) atoms. The van der Waals surface area contributed by atoms with Crippen LogP contribution in [0.4, 0.5) is 0 Å². The van der Waals surface area contributed by atoms with Crippen LogP contribution >= 0.6 is 0 Å². The van der Waals surface area contributed by atoms with Crippen LogP contribution in [0.1, 0.15) is 62.3 Å². The van der Waals surface area contributed by atoms with Crippen LogP contribution in [0.25, 0.3) is 5.70 Å². The predicted octanol–water partition coefficient (Wildman–Crippen LogP) is 2.06. The van der Waals surface area contributed by atoms with Gasteiger partial charge in [-0.15, -0.1) is 0 Å². The number of likely N-dealkylation sites (N-methyl/N-ethyl adjacent to an activating group) is 1. The Morgan fingerprint density at radius 2 is 1.92 bits per heavy atom. The monoisotopic (exact) mass is 331 g/mol. The first-order valence-electron chi connectivity index (χ1n) is 8.95. The molecule has 2 fully saturated rings. The first kappa shape index (κ1) is 17.0. The van der Waals surface area contributed by atoms with E-state index in [1.807, 2.05) is 12.1 Å². The van der Waals surface area contributed by atoms with Gasteiger partial charge in [0.15, 0.2) is 0 Å². The fourth-order valence-electron chi connectivity index (χ4n) is 3.32. The van der Waals surface area contributed by atoms with E-state index in [9.17, 15) is 0 Å². The van der Waals surface area contributed by atoms with Crippen molar-refractivity contribution in [3.8, 4) is 5.75 Å². The maximum atomic E-state index is 6.28. The van der Waals surface area contributed by atoms with Gasteiger partial charge in [-0.2, -0.15) is 0 Å². The zero-order chi connectivity index (χ0) is 17.1. The Morgan fingerprint density at radius 3 is 2.50 bits per heavy atom. The second kappa shape index (κ2) is 7.40. The largest absolute Gasteiger partial charge is 0.489 e. The molecule has 1 aromatic heterocycles. The number of nitrogens with two attached hydrogens (primary N) is 3. The Labute approximate surface area is 144 Å². The Morgan fingerprint density at radius 1 is 1.21 bits per heavy atom. The minimum Gasteiger partial charge on any atom is -0.489 e. The molecule has 0 spiro atoms. The minimum absolute atomic E-state index is 0.277. The van der Waals surface area contributed by atoms with Crippen LogP contribution in [0.15, 0.2) is 17.8 Å². The standard InChI is InChI=1S/C18H29N5O/c1-23(21)15(11-19)17(20)14-9-10-16(18(22-14)12-7-8-12)24-13-5-3-2-4-6-13/h9-10,12-13H,2-8,11,19-21H2,1H3/b17-15-. The molecule has 6 heteroatoms. The lowest BCUT2D eigenvalue weighted by Gasteiger charge is -2.24. The highest BCUT2D eigenvalue weighted by Crippen LogP contribution is 2.44. The molecular weight excluding hydrogens is 302 g/mol. The Bertz CT molecular complexity index is 603. The molecule has 0 unspecified atom stereocenters. The van der Waals surface area contributed by atoms with E-state index in [-0.39, 0.29) is 6.54 Å². The number of ether oxygens (including phenoxy) is 1. The van der Waals surface area contributed by atoms with Gasteiger partial charge in [-0.1, -0.05) is 6.42 Å². The molecular formula is C18H29N5O. The Kier molecular flexibility index (Phi) is 5.26. The van der Waals surface area contributed by atoms with E-state index in [0.717, 1.165) is 30.0 Å². The summed E-state index contributed by atoms with van der Waals surface area (Å²) in [5.41, 5.74) is 15.0. The lowest BCUT2D eigenvalue weighted by Crippen LogP contribution is -2.32. The van der Waals surface area contributed by atoms with Crippen molar-refractivity contribution < 1.29 is 4.74 Å². The highest BCUT2D eigenvalue weighted by Gasteiger charge is 2.30. The first-order chi connectivity index (χ1) is 11.6. The molecule has 0 bridgehead atoms. The molecule has 1 heterocycles. The van der Waals surface area contributed by atoms with Crippen molar-refractivity contribution in [2.45, 2.75) is 57.0 Å². The maximum absolute atomic E-state index is 6.28. The highest BCUT2D eigenvalue weighted by atomic mass is 16.5. The summed E-state index contributed by atoms with van der Waals surface area (Å²) in [6.45, 7) is 0.277. The van der Waals surface area contributed by atoms with Crippen molar-refractivity contribution in [1.82, 2.24) is 9.99 Å². The van der Waals surface area contributed by atoms with E-state index in [0.29, 0.717) is 23.4 Å². The molecule has 6 nitrogen and oxygen atoms in total. The van der Waals surface area contributed by atoms with Crippen LogP contribution in [0, 0.1) is 0 Å². The van der Waals surface area contributed by atoms with Gasteiger partial charge >= 0.3 is 0 Å². The molecule has 1 aromatic rings. The summed E-state index contributed by atoms with van der Waals surface area (Å²) in [4.78, 5) is 4.81. The predicted molar refractivity (Wildman–Crippen MR) is 95.8 cm³/mol. The summed E-state index contributed by atoms with van der Waals surface area (Å²) in [6, 6.07) is 3.93.